The van der Waals surface area contributed by atoms with Crippen LogP contribution in [0.4, 0.5) is 4.39 Å². The second-order valence-corrected chi connectivity index (χ2v) is 5.22. The number of halogens is 1. The molecular formula is C15H13FN2O3. The van der Waals surface area contributed by atoms with Crippen LogP contribution >= 0.6 is 0 Å². The molecule has 0 saturated heterocycles. The van der Waals surface area contributed by atoms with Gasteiger partial charge in [0.15, 0.2) is 0 Å². The zero-order valence-electron chi connectivity index (χ0n) is 11.1. The fourth-order valence-electron chi connectivity index (χ4n) is 2.54. The molecule has 0 bridgehead atoms. The molecule has 1 saturated carbocycles. The Kier molecular flexibility index (Phi) is 3.08. The number of hydrogen-bond acceptors (Lipinski definition) is 3. The molecule has 1 fully saturated rings. The highest BCUT2D eigenvalue weighted by atomic mass is 19.1. The SMILES string of the molecule is O=C(NC1(C(=O)O)CCC1)c1cc(F)cc2cccnc12. The zero-order chi connectivity index (χ0) is 15.0. The predicted molar refractivity (Wildman–Crippen MR) is 73.4 cm³/mol. The number of carboxylic acid groups (broad SMARTS) is 1. The van der Waals surface area contributed by atoms with Gasteiger partial charge in [-0.25, -0.2) is 9.18 Å². The number of aromatic nitrogens is 1. The number of aliphatic carboxylic acids is 1. The molecule has 2 N–H and O–H groups in total. The summed E-state index contributed by atoms with van der Waals surface area (Å²) in [7, 11) is 0. The van der Waals surface area contributed by atoms with Crippen LogP contribution in [0.5, 0.6) is 0 Å². The summed E-state index contributed by atoms with van der Waals surface area (Å²) in [6.07, 6.45) is 3.02. The van der Waals surface area contributed by atoms with E-state index in [0.717, 1.165) is 12.5 Å². The minimum Gasteiger partial charge on any atom is -0.480 e. The third-order valence-electron chi connectivity index (χ3n) is 3.88. The molecule has 1 heterocycles. The highest BCUT2D eigenvalue weighted by Crippen LogP contribution is 2.32. The Morgan fingerprint density at radius 3 is 2.71 bits per heavy atom. The lowest BCUT2D eigenvalue weighted by atomic mass is 9.76. The molecule has 1 aliphatic rings. The van der Waals surface area contributed by atoms with Gasteiger partial charge in [0.1, 0.15) is 11.4 Å². The summed E-state index contributed by atoms with van der Waals surface area (Å²) in [6, 6.07) is 5.67. The highest BCUT2D eigenvalue weighted by molar-refractivity contribution is 6.07. The normalized spacial score (nSPS) is 16.2. The van der Waals surface area contributed by atoms with E-state index in [4.69, 9.17) is 0 Å². The molecule has 1 aromatic carbocycles. The van der Waals surface area contributed by atoms with Crippen molar-refractivity contribution in [2.75, 3.05) is 0 Å². The number of nitrogens with one attached hydrogen (secondary N) is 1. The van der Waals surface area contributed by atoms with E-state index < -0.39 is 23.2 Å². The maximum Gasteiger partial charge on any atom is 0.329 e. The van der Waals surface area contributed by atoms with Crippen LogP contribution in [-0.4, -0.2) is 27.5 Å². The first-order valence-corrected chi connectivity index (χ1v) is 6.62. The fourth-order valence-corrected chi connectivity index (χ4v) is 2.54. The Balaban J connectivity index is 2.00. The van der Waals surface area contributed by atoms with Gasteiger partial charge in [0.2, 0.25) is 0 Å². The number of benzene rings is 1. The van der Waals surface area contributed by atoms with Crippen molar-refractivity contribution in [1.29, 1.82) is 0 Å². The van der Waals surface area contributed by atoms with Gasteiger partial charge < -0.3 is 10.4 Å². The Hall–Kier alpha value is -2.50. The Morgan fingerprint density at radius 2 is 2.10 bits per heavy atom. The second kappa shape index (κ2) is 4.80. The topological polar surface area (TPSA) is 79.3 Å². The number of hydrogen-bond donors (Lipinski definition) is 2. The van der Waals surface area contributed by atoms with Crippen LogP contribution in [0.15, 0.2) is 30.5 Å². The number of amides is 1. The number of pyridine rings is 1. The first-order valence-electron chi connectivity index (χ1n) is 6.62. The molecule has 6 heteroatoms. The first kappa shape index (κ1) is 13.5. The van der Waals surface area contributed by atoms with Gasteiger partial charge in [-0.15, -0.1) is 0 Å². The number of fused-ring (bicyclic) bond motifs is 1. The molecule has 0 radical (unpaired) electrons. The summed E-state index contributed by atoms with van der Waals surface area (Å²) in [5.74, 6) is -2.23. The van der Waals surface area contributed by atoms with Crippen LogP contribution in [0, 0.1) is 5.82 Å². The van der Waals surface area contributed by atoms with E-state index in [0.29, 0.717) is 23.7 Å². The molecule has 5 nitrogen and oxygen atoms in total. The van der Waals surface area contributed by atoms with Crippen molar-refractivity contribution in [3.8, 4) is 0 Å². The van der Waals surface area contributed by atoms with Gasteiger partial charge >= 0.3 is 5.97 Å². The number of nitrogens with zero attached hydrogens (tertiary/aromatic N) is 1. The van der Waals surface area contributed by atoms with Gasteiger partial charge in [0.25, 0.3) is 5.91 Å². The monoisotopic (exact) mass is 288 g/mol. The average Bonchev–Trinajstić information content (AvgIpc) is 2.41. The summed E-state index contributed by atoms with van der Waals surface area (Å²) in [5, 5.41) is 12.3. The first-order chi connectivity index (χ1) is 10.0. The largest absolute Gasteiger partial charge is 0.480 e. The highest BCUT2D eigenvalue weighted by Gasteiger charge is 2.46. The smallest absolute Gasteiger partial charge is 0.329 e. The van der Waals surface area contributed by atoms with Gasteiger partial charge in [0.05, 0.1) is 11.1 Å². The summed E-state index contributed by atoms with van der Waals surface area (Å²) >= 11 is 0. The average molecular weight is 288 g/mol. The summed E-state index contributed by atoms with van der Waals surface area (Å²) in [6.45, 7) is 0. The molecule has 0 spiro atoms. The van der Waals surface area contributed by atoms with Gasteiger partial charge in [0, 0.05) is 11.6 Å². The lowest BCUT2D eigenvalue weighted by molar-refractivity contribution is -0.148. The molecule has 108 valence electrons. The van der Waals surface area contributed by atoms with Crippen molar-refractivity contribution in [3.63, 3.8) is 0 Å². The molecule has 21 heavy (non-hydrogen) atoms. The summed E-state index contributed by atoms with van der Waals surface area (Å²) in [5.41, 5.74) is -0.820. The maximum absolute atomic E-state index is 13.6. The van der Waals surface area contributed by atoms with Gasteiger partial charge in [-0.1, -0.05) is 6.07 Å². The van der Waals surface area contributed by atoms with Crippen molar-refractivity contribution in [2.24, 2.45) is 0 Å². The van der Waals surface area contributed by atoms with Gasteiger partial charge in [-0.2, -0.15) is 0 Å². The Labute approximate surface area is 119 Å². The molecule has 1 aromatic heterocycles. The maximum atomic E-state index is 13.6. The van der Waals surface area contributed by atoms with E-state index in [-0.39, 0.29) is 5.56 Å². The van der Waals surface area contributed by atoms with E-state index in [1.54, 1.807) is 12.1 Å². The molecule has 0 unspecified atom stereocenters. The summed E-state index contributed by atoms with van der Waals surface area (Å²) in [4.78, 5) is 27.7. The molecule has 0 atom stereocenters. The van der Waals surface area contributed by atoms with Crippen LogP contribution in [0.25, 0.3) is 10.9 Å². The number of rotatable bonds is 3. The molecule has 2 aromatic rings. The summed E-state index contributed by atoms with van der Waals surface area (Å²) < 4.78 is 13.6. The molecule has 0 aliphatic heterocycles. The standard InChI is InChI=1S/C15H13FN2O3/c16-10-7-9-3-1-6-17-12(9)11(8-10)13(19)18-15(14(20)21)4-2-5-15/h1,3,6-8H,2,4-5H2,(H,18,19)(H,20,21). The number of carbonyl (C=O) groups excluding carboxylic acids is 1. The number of carboxylic acids is 1. The van der Waals surface area contributed by atoms with E-state index in [9.17, 15) is 19.1 Å². The van der Waals surface area contributed by atoms with E-state index >= 15 is 0 Å². The molecule has 3 rings (SSSR count). The Morgan fingerprint density at radius 1 is 1.33 bits per heavy atom. The van der Waals surface area contributed by atoms with Gasteiger partial charge in [-0.3, -0.25) is 9.78 Å². The minimum absolute atomic E-state index is 0.0538. The van der Waals surface area contributed by atoms with Crippen molar-refractivity contribution in [2.45, 2.75) is 24.8 Å². The zero-order valence-corrected chi connectivity index (χ0v) is 11.1. The van der Waals surface area contributed by atoms with Crippen LogP contribution in [-0.2, 0) is 4.79 Å². The minimum atomic E-state index is -1.23. The van der Waals surface area contributed by atoms with E-state index in [1.807, 2.05) is 0 Å². The fraction of sp³-hybridized carbons (Fsp3) is 0.267. The molecule has 1 amide bonds. The second-order valence-electron chi connectivity index (χ2n) is 5.22. The van der Waals surface area contributed by atoms with E-state index in [1.165, 1.54) is 12.3 Å². The third-order valence-corrected chi connectivity index (χ3v) is 3.88. The third kappa shape index (κ3) is 2.22. The van der Waals surface area contributed by atoms with Crippen molar-refractivity contribution in [1.82, 2.24) is 10.3 Å². The van der Waals surface area contributed by atoms with E-state index in [2.05, 4.69) is 10.3 Å². The van der Waals surface area contributed by atoms with Gasteiger partial charge in [-0.05, 0) is 37.5 Å². The van der Waals surface area contributed by atoms with Crippen LogP contribution < -0.4 is 5.32 Å². The lowest BCUT2D eigenvalue weighted by Crippen LogP contribution is -2.59. The van der Waals surface area contributed by atoms with Crippen molar-refractivity contribution in [3.05, 3.63) is 41.8 Å². The Bertz CT molecular complexity index is 741. The van der Waals surface area contributed by atoms with Crippen LogP contribution in [0.3, 0.4) is 0 Å². The van der Waals surface area contributed by atoms with Crippen LogP contribution in [0.1, 0.15) is 29.6 Å². The molecular weight excluding hydrogens is 275 g/mol. The van der Waals surface area contributed by atoms with Crippen molar-refractivity contribution < 1.29 is 19.1 Å². The quantitative estimate of drug-likeness (QED) is 0.906. The molecule has 1 aliphatic carbocycles. The lowest BCUT2D eigenvalue weighted by Gasteiger charge is -2.38. The number of carbonyl (C=O) groups is 2. The van der Waals surface area contributed by atoms with Crippen LogP contribution in [0.2, 0.25) is 0 Å². The predicted octanol–water partition coefficient (Wildman–Crippen LogP) is 2.11. The van der Waals surface area contributed by atoms with Crippen molar-refractivity contribution >= 4 is 22.8 Å².